The molecule has 0 aliphatic carbocycles. The van der Waals surface area contributed by atoms with Crippen LogP contribution in [0.25, 0.3) is 10.9 Å². The van der Waals surface area contributed by atoms with Crippen LogP contribution in [0.4, 0.5) is 5.69 Å². The fraction of sp³-hybridized carbons (Fsp3) is 0.435. The van der Waals surface area contributed by atoms with E-state index in [1.54, 1.807) is 13.3 Å². The Hall–Kier alpha value is -3.33. The van der Waals surface area contributed by atoms with Crippen molar-refractivity contribution >= 4 is 22.5 Å². The van der Waals surface area contributed by atoms with Crippen molar-refractivity contribution in [3.63, 3.8) is 0 Å². The number of carbonyl (C=O) groups excluding carboxylic acids is 1. The number of rotatable bonds is 5. The maximum absolute atomic E-state index is 13.1. The fourth-order valence-electron chi connectivity index (χ4n) is 4.55. The maximum Gasteiger partial charge on any atom is 0.274 e. The number of allylic oxidation sites excluding steroid dienone is 1. The standard InChI is InChI=1S/C23H29N7O2/c1-15(2)28-8-9-29-20(12-25-22(29)14-28)23(31)26-19-10-16-13-30(17-4-6-24-7-5-17)27-18(16)11-21(19)32-3/h10-13,17,24H,1,4-9,14H2,2-3H3,(H,26,31). The Morgan fingerprint density at radius 1 is 1.28 bits per heavy atom. The first-order valence-corrected chi connectivity index (χ1v) is 11.1. The van der Waals surface area contributed by atoms with E-state index in [0.29, 0.717) is 36.3 Å². The number of aromatic nitrogens is 4. The number of carbonyl (C=O) groups is 1. The number of hydrogen-bond donors (Lipinski definition) is 2. The minimum Gasteiger partial charge on any atom is -0.494 e. The largest absolute Gasteiger partial charge is 0.494 e. The molecule has 32 heavy (non-hydrogen) atoms. The zero-order valence-corrected chi connectivity index (χ0v) is 18.6. The molecule has 1 fully saturated rings. The number of amides is 1. The van der Waals surface area contributed by atoms with Crippen LogP contribution in [0.1, 0.15) is 42.1 Å². The SMILES string of the molecule is C=C(C)N1CCn2c(C(=O)Nc3cc4cn(C5CCNCC5)nc4cc3OC)cnc2C1. The lowest BCUT2D eigenvalue weighted by molar-refractivity contribution is 0.101. The Morgan fingerprint density at radius 2 is 2.09 bits per heavy atom. The highest BCUT2D eigenvalue weighted by atomic mass is 16.5. The summed E-state index contributed by atoms with van der Waals surface area (Å²) in [6.45, 7) is 10.2. The van der Waals surface area contributed by atoms with Crippen molar-refractivity contribution in [2.45, 2.75) is 38.9 Å². The van der Waals surface area contributed by atoms with Crippen molar-refractivity contribution < 1.29 is 9.53 Å². The molecule has 5 rings (SSSR count). The molecule has 3 aromatic rings. The van der Waals surface area contributed by atoms with Crippen LogP contribution in [0.15, 0.2) is 36.8 Å². The van der Waals surface area contributed by atoms with E-state index in [4.69, 9.17) is 9.84 Å². The number of hydrogen-bond acceptors (Lipinski definition) is 6. The second kappa shape index (κ2) is 8.31. The number of fused-ring (bicyclic) bond motifs is 2. The lowest BCUT2D eigenvalue weighted by Crippen LogP contribution is -2.33. The third-order valence-electron chi connectivity index (χ3n) is 6.41. The highest BCUT2D eigenvalue weighted by Gasteiger charge is 2.24. The van der Waals surface area contributed by atoms with Gasteiger partial charge >= 0.3 is 0 Å². The van der Waals surface area contributed by atoms with Gasteiger partial charge in [0.15, 0.2) is 0 Å². The molecule has 9 heteroatoms. The van der Waals surface area contributed by atoms with Crippen LogP contribution in [-0.4, -0.2) is 56.9 Å². The third-order valence-corrected chi connectivity index (χ3v) is 6.41. The van der Waals surface area contributed by atoms with Gasteiger partial charge in [-0.1, -0.05) is 6.58 Å². The van der Waals surface area contributed by atoms with Crippen molar-refractivity contribution in [3.05, 3.63) is 48.3 Å². The predicted molar refractivity (Wildman–Crippen MR) is 123 cm³/mol. The monoisotopic (exact) mass is 435 g/mol. The maximum atomic E-state index is 13.1. The van der Waals surface area contributed by atoms with Gasteiger partial charge in [-0.3, -0.25) is 9.48 Å². The summed E-state index contributed by atoms with van der Waals surface area (Å²) in [5.41, 5.74) is 3.05. The quantitative estimate of drug-likeness (QED) is 0.641. The van der Waals surface area contributed by atoms with Gasteiger partial charge in [-0.15, -0.1) is 0 Å². The summed E-state index contributed by atoms with van der Waals surface area (Å²) in [5.74, 6) is 1.26. The van der Waals surface area contributed by atoms with Crippen LogP contribution < -0.4 is 15.4 Å². The zero-order chi connectivity index (χ0) is 22.2. The minimum atomic E-state index is -0.198. The molecule has 0 radical (unpaired) electrons. The average Bonchev–Trinajstić information content (AvgIpc) is 3.42. The molecule has 1 aromatic carbocycles. The van der Waals surface area contributed by atoms with Crippen molar-refractivity contribution in [3.8, 4) is 5.75 Å². The number of piperidine rings is 1. The smallest absolute Gasteiger partial charge is 0.274 e. The lowest BCUT2D eigenvalue weighted by Gasteiger charge is -2.30. The number of methoxy groups -OCH3 is 1. The fourth-order valence-corrected chi connectivity index (χ4v) is 4.55. The van der Waals surface area contributed by atoms with Crippen molar-refractivity contribution in [1.82, 2.24) is 29.5 Å². The van der Waals surface area contributed by atoms with E-state index in [-0.39, 0.29) is 5.91 Å². The van der Waals surface area contributed by atoms with E-state index < -0.39 is 0 Å². The molecule has 2 aliphatic heterocycles. The van der Waals surface area contributed by atoms with E-state index >= 15 is 0 Å². The van der Waals surface area contributed by atoms with Gasteiger partial charge in [-0.2, -0.15) is 5.10 Å². The van der Waals surface area contributed by atoms with E-state index in [2.05, 4.69) is 38.0 Å². The topological polar surface area (TPSA) is 89.2 Å². The van der Waals surface area contributed by atoms with E-state index in [1.807, 2.05) is 23.6 Å². The van der Waals surface area contributed by atoms with Crippen LogP contribution in [0.2, 0.25) is 0 Å². The van der Waals surface area contributed by atoms with Crippen LogP contribution in [-0.2, 0) is 13.1 Å². The van der Waals surface area contributed by atoms with Gasteiger partial charge in [-0.25, -0.2) is 4.98 Å². The Bertz CT molecular complexity index is 1170. The van der Waals surface area contributed by atoms with Gasteiger partial charge in [-0.05, 0) is 38.9 Å². The predicted octanol–water partition coefficient (Wildman–Crippen LogP) is 2.77. The highest BCUT2D eigenvalue weighted by molar-refractivity contribution is 6.05. The molecule has 168 valence electrons. The summed E-state index contributed by atoms with van der Waals surface area (Å²) in [6, 6.07) is 4.22. The van der Waals surface area contributed by atoms with Crippen LogP contribution in [0.5, 0.6) is 5.75 Å². The van der Waals surface area contributed by atoms with Crippen molar-refractivity contribution in [1.29, 1.82) is 0 Å². The molecule has 1 amide bonds. The Balaban J connectivity index is 1.40. The molecule has 9 nitrogen and oxygen atoms in total. The molecule has 4 heterocycles. The molecule has 0 unspecified atom stereocenters. The molecule has 2 N–H and O–H groups in total. The number of ether oxygens (including phenoxy) is 1. The first-order valence-electron chi connectivity index (χ1n) is 11.1. The molecule has 0 bridgehead atoms. The number of anilines is 1. The molecular weight excluding hydrogens is 406 g/mol. The van der Waals surface area contributed by atoms with Gasteiger partial charge in [0.1, 0.15) is 17.3 Å². The van der Waals surface area contributed by atoms with Gasteiger partial charge in [0.05, 0.1) is 37.1 Å². The number of nitrogens with zero attached hydrogens (tertiary/aromatic N) is 5. The number of benzene rings is 1. The van der Waals surface area contributed by atoms with E-state index in [9.17, 15) is 4.79 Å². The summed E-state index contributed by atoms with van der Waals surface area (Å²) < 4.78 is 9.60. The average molecular weight is 436 g/mol. The first-order chi connectivity index (χ1) is 15.5. The van der Waals surface area contributed by atoms with E-state index in [1.165, 1.54) is 0 Å². The Morgan fingerprint density at radius 3 is 2.84 bits per heavy atom. The summed E-state index contributed by atoms with van der Waals surface area (Å²) in [6.07, 6.45) is 5.83. The van der Waals surface area contributed by atoms with Crippen molar-refractivity contribution in [2.24, 2.45) is 0 Å². The third kappa shape index (κ3) is 3.73. The molecule has 2 aliphatic rings. The second-order valence-electron chi connectivity index (χ2n) is 8.52. The summed E-state index contributed by atoms with van der Waals surface area (Å²) in [4.78, 5) is 19.8. The van der Waals surface area contributed by atoms with Crippen LogP contribution in [0.3, 0.4) is 0 Å². The zero-order valence-electron chi connectivity index (χ0n) is 18.6. The highest BCUT2D eigenvalue weighted by Crippen LogP contribution is 2.32. The molecule has 0 spiro atoms. The van der Waals surface area contributed by atoms with Gasteiger partial charge in [0.2, 0.25) is 0 Å². The molecule has 1 saturated heterocycles. The normalized spacial score (nSPS) is 16.8. The summed E-state index contributed by atoms with van der Waals surface area (Å²) in [5, 5.41) is 12.2. The summed E-state index contributed by atoms with van der Waals surface area (Å²) >= 11 is 0. The molecule has 0 atom stereocenters. The van der Waals surface area contributed by atoms with Crippen molar-refractivity contribution in [2.75, 3.05) is 32.1 Å². The minimum absolute atomic E-state index is 0.198. The first kappa shape index (κ1) is 20.6. The lowest BCUT2D eigenvalue weighted by atomic mass is 10.1. The van der Waals surface area contributed by atoms with Gasteiger partial charge in [0.25, 0.3) is 5.91 Å². The second-order valence-corrected chi connectivity index (χ2v) is 8.52. The van der Waals surface area contributed by atoms with Crippen LogP contribution >= 0.6 is 0 Å². The summed E-state index contributed by atoms with van der Waals surface area (Å²) in [7, 11) is 1.60. The van der Waals surface area contributed by atoms with Crippen LogP contribution in [0, 0.1) is 0 Å². The van der Waals surface area contributed by atoms with Gasteiger partial charge in [0, 0.05) is 36.4 Å². The molecule has 2 aromatic heterocycles. The number of nitrogens with one attached hydrogen (secondary N) is 2. The van der Waals surface area contributed by atoms with Gasteiger partial charge < -0.3 is 24.8 Å². The molecule has 0 saturated carbocycles. The van der Waals surface area contributed by atoms with E-state index in [0.717, 1.165) is 54.9 Å². The number of imidazole rings is 1. The molecular formula is C23H29N7O2. The Labute approximate surface area is 187 Å². The Kier molecular flexibility index (Phi) is 5.34.